The number of hydrogen-bond donors (Lipinski definition) is 0. The second kappa shape index (κ2) is 26.1. The molecule has 0 fully saturated rings. The van der Waals surface area contributed by atoms with E-state index in [9.17, 15) is 0 Å². The molecule has 0 N–H and O–H groups in total. The average molecular weight is 585 g/mol. The zero-order chi connectivity index (χ0) is 31.4. The van der Waals surface area contributed by atoms with E-state index >= 15 is 0 Å². The Morgan fingerprint density at radius 1 is 0.548 bits per heavy atom. The first kappa shape index (κ1) is 38.2. The average Bonchev–Trinajstić information content (AvgIpc) is 3.87. The van der Waals surface area contributed by atoms with Gasteiger partial charge in [-0.3, -0.25) is 0 Å². The van der Waals surface area contributed by atoms with Gasteiger partial charge in [-0.05, 0) is 59.5 Å². The van der Waals surface area contributed by atoms with Crippen molar-refractivity contribution < 1.29 is 9.47 Å². The Bertz CT molecular complexity index is 1260. The van der Waals surface area contributed by atoms with Crippen LogP contribution in [0.15, 0.2) is 121 Å². The van der Waals surface area contributed by atoms with Crippen molar-refractivity contribution in [3.8, 4) is 11.5 Å². The molecule has 0 bridgehead atoms. The zero-order valence-electron chi connectivity index (χ0n) is 27.3. The van der Waals surface area contributed by atoms with Gasteiger partial charge in [0.05, 0.1) is 0 Å². The summed E-state index contributed by atoms with van der Waals surface area (Å²) in [5, 5.41) is 3.47. The Kier molecular flexibility index (Phi) is 23.7. The number of allylic oxidation sites excluding steroid dienone is 1. The fraction of sp³-hybridized carbons (Fsp3) is 0.282. The summed E-state index contributed by atoms with van der Waals surface area (Å²) in [4.78, 5) is 0. The lowest BCUT2D eigenvalue weighted by molar-refractivity contribution is 0.174. The molecular formula is C39H52O2S. The van der Waals surface area contributed by atoms with Gasteiger partial charge in [-0.15, -0.1) is 11.3 Å². The number of hydrogen-bond acceptors (Lipinski definition) is 3. The fourth-order valence-corrected chi connectivity index (χ4v) is 4.27. The maximum absolute atomic E-state index is 5.08. The zero-order valence-corrected chi connectivity index (χ0v) is 28.1. The highest BCUT2D eigenvalue weighted by molar-refractivity contribution is 7.17. The minimum absolute atomic E-state index is 0.360. The number of fused-ring (bicyclic) bond motifs is 3. The minimum Gasteiger partial charge on any atom is -0.454 e. The molecular weight excluding hydrogens is 532 g/mol. The molecule has 0 radical (unpaired) electrons. The normalized spacial score (nSPS) is 10.1. The van der Waals surface area contributed by atoms with E-state index in [1.54, 1.807) is 11.3 Å². The van der Waals surface area contributed by atoms with Gasteiger partial charge in [-0.1, -0.05) is 158 Å². The highest BCUT2D eigenvalue weighted by Crippen LogP contribution is 2.30. The topological polar surface area (TPSA) is 18.5 Å². The molecule has 3 heteroatoms. The van der Waals surface area contributed by atoms with Gasteiger partial charge in [0.2, 0.25) is 6.79 Å². The Balaban J connectivity index is 0.000000496. The quantitative estimate of drug-likeness (QED) is 0.180. The van der Waals surface area contributed by atoms with Crippen molar-refractivity contribution in [2.24, 2.45) is 0 Å². The largest absolute Gasteiger partial charge is 0.454 e. The van der Waals surface area contributed by atoms with Crippen LogP contribution in [0, 0.1) is 6.92 Å². The van der Waals surface area contributed by atoms with Gasteiger partial charge in [-0.2, -0.15) is 0 Å². The first-order chi connectivity index (χ1) is 20.8. The van der Waals surface area contributed by atoms with Crippen molar-refractivity contribution in [3.63, 3.8) is 0 Å². The lowest BCUT2D eigenvalue weighted by atomic mass is 10.1. The summed E-state index contributed by atoms with van der Waals surface area (Å²) in [5.74, 6) is 1.69. The third-order valence-electron chi connectivity index (χ3n) is 5.27. The number of benzene rings is 4. The predicted octanol–water partition coefficient (Wildman–Crippen LogP) is 12.7. The summed E-state index contributed by atoms with van der Waals surface area (Å²) in [6.07, 6.45) is 5.50. The van der Waals surface area contributed by atoms with Crippen LogP contribution in [0.5, 0.6) is 11.5 Å². The van der Waals surface area contributed by atoms with E-state index in [0.29, 0.717) is 6.79 Å². The van der Waals surface area contributed by atoms with Crippen molar-refractivity contribution in [2.45, 2.75) is 68.7 Å². The molecule has 4 aromatic carbocycles. The van der Waals surface area contributed by atoms with Crippen molar-refractivity contribution >= 4 is 27.5 Å². The van der Waals surface area contributed by atoms with Crippen LogP contribution in [0.4, 0.5) is 0 Å². The molecule has 7 rings (SSSR count). The second-order valence-corrected chi connectivity index (χ2v) is 8.72. The van der Waals surface area contributed by atoms with Crippen LogP contribution in [0.1, 0.15) is 72.1 Å². The summed E-state index contributed by atoms with van der Waals surface area (Å²) in [6, 6.07) is 36.9. The van der Waals surface area contributed by atoms with Crippen LogP contribution in [0.25, 0.3) is 16.2 Å². The van der Waals surface area contributed by atoms with Gasteiger partial charge >= 0.3 is 0 Å². The molecule has 0 spiro atoms. The number of para-hydroxylation sites is 2. The van der Waals surface area contributed by atoms with Crippen molar-refractivity contribution in [1.82, 2.24) is 0 Å². The summed E-state index contributed by atoms with van der Waals surface area (Å²) in [5.41, 5.74) is 4.16. The SMILES string of the molecule is C1=Cc2ccccc2C1.CC.CC.CC.CC.Cc1ccccc1.c1ccc2c(c1)OCO2.c1ccc2sccc2c1. The van der Waals surface area contributed by atoms with E-state index in [-0.39, 0.29) is 0 Å². The standard InChI is InChI=1S/C9H8.C8H6S.C7H6O2.C7H8.4C2H6/c1-2-5-9-7-3-6-8(9)4-1;1-2-4-8-7(3-1)5-6-9-8;1-2-4-7-6(3-1)8-5-9-7;1-7-5-3-2-4-6-7;4*1-2/h1-6H,7H2;1-6H;1-4H,5H2;2-6H,1H3;4*1-2H3. The molecule has 42 heavy (non-hydrogen) atoms. The van der Waals surface area contributed by atoms with Crippen molar-refractivity contribution in [1.29, 1.82) is 0 Å². The molecule has 226 valence electrons. The molecule has 1 aliphatic heterocycles. The van der Waals surface area contributed by atoms with Crippen LogP contribution >= 0.6 is 11.3 Å². The Morgan fingerprint density at radius 3 is 1.62 bits per heavy atom. The molecule has 2 aliphatic rings. The molecule has 0 saturated heterocycles. The molecule has 0 atom stereocenters. The van der Waals surface area contributed by atoms with Crippen molar-refractivity contribution in [2.75, 3.05) is 6.79 Å². The summed E-state index contributed by atoms with van der Waals surface area (Å²) >= 11 is 1.79. The number of ether oxygens (including phenoxy) is 2. The van der Waals surface area contributed by atoms with Crippen LogP contribution in [0.3, 0.4) is 0 Å². The van der Waals surface area contributed by atoms with Crippen molar-refractivity contribution in [3.05, 3.63) is 137 Å². The van der Waals surface area contributed by atoms with Crippen LogP contribution in [0.2, 0.25) is 0 Å². The fourth-order valence-electron chi connectivity index (χ4n) is 3.48. The monoisotopic (exact) mass is 584 g/mol. The van der Waals surface area contributed by atoms with E-state index in [2.05, 4.69) is 91.2 Å². The maximum Gasteiger partial charge on any atom is 0.231 e. The number of rotatable bonds is 0. The van der Waals surface area contributed by atoms with Gasteiger partial charge in [0.25, 0.3) is 0 Å². The minimum atomic E-state index is 0.360. The van der Waals surface area contributed by atoms with Crippen LogP contribution < -0.4 is 9.47 Å². The summed E-state index contributed by atoms with van der Waals surface area (Å²) < 4.78 is 11.5. The van der Waals surface area contributed by atoms with Gasteiger partial charge in [-0.25, -0.2) is 0 Å². The molecule has 0 unspecified atom stereocenters. The predicted molar refractivity (Wildman–Crippen MR) is 190 cm³/mol. The molecule has 2 nitrogen and oxygen atoms in total. The highest BCUT2D eigenvalue weighted by atomic mass is 32.1. The van der Waals surface area contributed by atoms with Gasteiger partial charge in [0.1, 0.15) is 0 Å². The molecule has 0 amide bonds. The molecule has 0 saturated carbocycles. The molecule has 1 aliphatic carbocycles. The highest BCUT2D eigenvalue weighted by Gasteiger charge is 2.09. The third kappa shape index (κ3) is 14.7. The first-order valence-corrected chi connectivity index (χ1v) is 16.2. The van der Waals surface area contributed by atoms with E-state index in [1.165, 1.54) is 26.8 Å². The van der Waals surface area contributed by atoms with Crippen LogP contribution in [-0.2, 0) is 6.42 Å². The van der Waals surface area contributed by atoms with Crippen LogP contribution in [-0.4, -0.2) is 6.79 Å². The molecule has 5 aromatic rings. The Hall–Kier alpha value is -3.82. The Morgan fingerprint density at radius 2 is 1.07 bits per heavy atom. The lowest BCUT2D eigenvalue weighted by Gasteiger charge is -1.93. The van der Waals surface area contributed by atoms with Gasteiger partial charge in [0, 0.05) is 4.70 Å². The molecule has 1 aromatic heterocycles. The lowest BCUT2D eigenvalue weighted by Crippen LogP contribution is -1.92. The van der Waals surface area contributed by atoms with E-state index in [4.69, 9.17) is 9.47 Å². The van der Waals surface area contributed by atoms with E-state index in [0.717, 1.165) is 17.9 Å². The number of aryl methyl sites for hydroxylation is 1. The maximum atomic E-state index is 5.08. The van der Waals surface area contributed by atoms with E-state index in [1.807, 2.05) is 97.9 Å². The molecule has 2 heterocycles. The summed E-state index contributed by atoms with van der Waals surface area (Å²) in [6.45, 7) is 18.4. The number of thiophene rings is 1. The second-order valence-electron chi connectivity index (χ2n) is 7.77. The third-order valence-corrected chi connectivity index (χ3v) is 6.17. The summed E-state index contributed by atoms with van der Waals surface area (Å²) in [7, 11) is 0. The van der Waals surface area contributed by atoms with E-state index < -0.39 is 0 Å². The van der Waals surface area contributed by atoms with Gasteiger partial charge < -0.3 is 9.47 Å². The van der Waals surface area contributed by atoms with Gasteiger partial charge in [0.15, 0.2) is 11.5 Å². The Labute approximate surface area is 260 Å². The first-order valence-electron chi connectivity index (χ1n) is 15.3. The smallest absolute Gasteiger partial charge is 0.231 e.